The smallest absolute Gasteiger partial charge is 0.168 e. The van der Waals surface area contributed by atoms with Crippen molar-refractivity contribution in [2.24, 2.45) is 0 Å². The van der Waals surface area contributed by atoms with Crippen LogP contribution in [0.15, 0.2) is 30.3 Å². The van der Waals surface area contributed by atoms with E-state index in [0.29, 0.717) is 28.5 Å². The summed E-state index contributed by atoms with van der Waals surface area (Å²) in [5, 5.41) is 0.609. The van der Waals surface area contributed by atoms with Crippen molar-refractivity contribution in [2.45, 2.75) is 6.92 Å². The van der Waals surface area contributed by atoms with E-state index in [4.69, 9.17) is 11.6 Å². The SMILES string of the molecule is Cc1nc(C=O)cc(-c2ccccc2Cl)n1. The molecule has 0 bridgehead atoms. The number of benzene rings is 1. The summed E-state index contributed by atoms with van der Waals surface area (Å²) in [4.78, 5) is 18.9. The highest BCUT2D eigenvalue weighted by atomic mass is 35.5. The third-order valence-corrected chi connectivity index (χ3v) is 2.46. The van der Waals surface area contributed by atoms with Crippen molar-refractivity contribution >= 4 is 17.9 Å². The van der Waals surface area contributed by atoms with E-state index in [1.54, 1.807) is 19.1 Å². The second-order valence-electron chi connectivity index (χ2n) is 3.32. The molecular weight excluding hydrogens is 224 g/mol. The van der Waals surface area contributed by atoms with E-state index in [1.165, 1.54) is 0 Å². The Hall–Kier alpha value is -1.74. The average molecular weight is 233 g/mol. The van der Waals surface area contributed by atoms with Crippen LogP contribution in [-0.2, 0) is 0 Å². The van der Waals surface area contributed by atoms with Gasteiger partial charge in [0.05, 0.1) is 5.69 Å². The number of aldehydes is 1. The van der Waals surface area contributed by atoms with Crippen LogP contribution in [0, 0.1) is 6.92 Å². The van der Waals surface area contributed by atoms with Crippen molar-refractivity contribution in [3.8, 4) is 11.3 Å². The highest BCUT2D eigenvalue weighted by Gasteiger charge is 2.06. The summed E-state index contributed by atoms with van der Waals surface area (Å²) in [7, 11) is 0. The largest absolute Gasteiger partial charge is 0.296 e. The highest BCUT2D eigenvalue weighted by molar-refractivity contribution is 6.33. The summed E-state index contributed by atoms with van der Waals surface area (Å²) in [5.74, 6) is 0.555. The molecule has 0 saturated heterocycles. The summed E-state index contributed by atoms with van der Waals surface area (Å²) in [6, 6.07) is 8.99. The molecule has 0 amide bonds. The van der Waals surface area contributed by atoms with E-state index in [9.17, 15) is 4.79 Å². The summed E-state index contributed by atoms with van der Waals surface area (Å²) < 4.78 is 0. The van der Waals surface area contributed by atoms with Gasteiger partial charge in [0, 0.05) is 10.6 Å². The van der Waals surface area contributed by atoms with Gasteiger partial charge in [-0.05, 0) is 19.1 Å². The van der Waals surface area contributed by atoms with Gasteiger partial charge in [-0.15, -0.1) is 0 Å². The number of aryl methyl sites for hydroxylation is 1. The van der Waals surface area contributed by atoms with Crippen LogP contribution in [0.3, 0.4) is 0 Å². The lowest BCUT2D eigenvalue weighted by atomic mass is 10.1. The molecule has 0 fully saturated rings. The van der Waals surface area contributed by atoms with Gasteiger partial charge >= 0.3 is 0 Å². The molecule has 0 aliphatic rings. The van der Waals surface area contributed by atoms with Crippen LogP contribution in [0.1, 0.15) is 16.3 Å². The number of aromatic nitrogens is 2. The predicted molar refractivity (Wildman–Crippen MR) is 62.6 cm³/mol. The minimum Gasteiger partial charge on any atom is -0.296 e. The van der Waals surface area contributed by atoms with Crippen molar-refractivity contribution in [3.63, 3.8) is 0 Å². The van der Waals surface area contributed by atoms with Gasteiger partial charge in [0.1, 0.15) is 11.5 Å². The Bertz CT molecular complexity index is 540. The molecular formula is C12H9ClN2O. The normalized spacial score (nSPS) is 10.1. The predicted octanol–water partition coefficient (Wildman–Crippen LogP) is 2.92. The zero-order chi connectivity index (χ0) is 11.5. The Kier molecular flexibility index (Phi) is 2.97. The first-order valence-corrected chi connectivity index (χ1v) is 5.14. The maximum atomic E-state index is 10.7. The Morgan fingerprint density at radius 1 is 1.25 bits per heavy atom. The van der Waals surface area contributed by atoms with E-state index < -0.39 is 0 Å². The average Bonchev–Trinajstić information content (AvgIpc) is 2.28. The molecule has 1 heterocycles. The fourth-order valence-corrected chi connectivity index (χ4v) is 1.69. The molecule has 16 heavy (non-hydrogen) atoms. The Morgan fingerprint density at radius 3 is 2.69 bits per heavy atom. The summed E-state index contributed by atoms with van der Waals surface area (Å²) >= 11 is 6.06. The first-order chi connectivity index (χ1) is 7.70. The summed E-state index contributed by atoms with van der Waals surface area (Å²) in [6.45, 7) is 1.74. The maximum absolute atomic E-state index is 10.7. The van der Waals surface area contributed by atoms with Crippen molar-refractivity contribution in [1.82, 2.24) is 9.97 Å². The van der Waals surface area contributed by atoms with Crippen LogP contribution >= 0.6 is 11.6 Å². The molecule has 0 N–H and O–H groups in total. The molecule has 2 aromatic rings. The van der Waals surface area contributed by atoms with Gasteiger partial charge < -0.3 is 0 Å². The van der Waals surface area contributed by atoms with Gasteiger partial charge in [-0.2, -0.15) is 0 Å². The minimum absolute atomic E-state index is 0.363. The quantitative estimate of drug-likeness (QED) is 0.748. The standard InChI is InChI=1S/C12H9ClN2O/c1-8-14-9(7-16)6-12(15-8)10-4-2-3-5-11(10)13/h2-7H,1H3. The molecule has 0 aliphatic heterocycles. The first kappa shape index (κ1) is 10.8. The second kappa shape index (κ2) is 4.41. The monoisotopic (exact) mass is 232 g/mol. The van der Waals surface area contributed by atoms with Crippen LogP contribution < -0.4 is 0 Å². The number of carbonyl (C=O) groups is 1. The molecule has 4 heteroatoms. The lowest BCUT2D eigenvalue weighted by molar-refractivity contribution is 0.111. The maximum Gasteiger partial charge on any atom is 0.168 e. The molecule has 3 nitrogen and oxygen atoms in total. The van der Waals surface area contributed by atoms with Gasteiger partial charge in [-0.1, -0.05) is 29.8 Å². The second-order valence-corrected chi connectivity index (χ2v) is 3.73. The van der Waals surface area contributed by atoms with E-state index in [-0.39, 0.29) is 0 Å². The molecule has 80 valence electrons. The first-order valence-electron chi connectivity index (χ1n) is 4.76. The van der Waals surface area contributed by atoms with Crippen molar-refractivity contribution in [3.05, 3.63) is 46.9 Å². The fourth-order valence-electron chi connectivity index (χ4n) is 1.46. The van der Waals surface area contributed by atoms with Crippen LogP contribution in [0.25, 0.3) is 11.3 Å². The number of carbonyl (C=O) groups excluding carboxylic acids is 1. The fraction of sp³-hybridized carbons (Fsp3) is 0.0833. The van der Waals surface area contributed by atoms with Gasteiger partial charge in [0.25, 0.3) is 0 Å². The van der Waals surface area contributed by atoms with E-state index >= 15 is 0 Å². The molecule has 0 radical (unpaired) electrons. The third kappa shape index (κ3) is 2.09. The lowest BCUT2D eigenvalue weighted by Gasteiger charge is -2.04. The van der Waals surface area contributed by atoms with Crippen LogP contribution in [-0.4, -0.2) is 16.3 Å². The van der Waals surface area contributed by atoms with Gasteiger partial charge in [0.15, 0.2) is 6.29 Å². The Morgan fingerprint density at radius 2 is 2.00 bits per heavy atom. The molecule has 0 atom stereocenters. The van der Waals surface area contributed by atoms with Crippen molar-refractivity contribution in [2.75, 3.05) is 0 Å². The van der Waals surface area contributed by atoms with E-state index in [2.05, 4.69) is 9.97 Å². The number of rotatable bonds is 2. The highest BCUT2D eigenvalue weighted by Crippen LogP contribution is 2.25. The molecule has 0 unspecified atom stereocenters. The van der Waals surface area contributed by atoms with Gasteiger partial charge in [-0.25, -0.2) is 9.97 Å². The third-order valence-electron chi connectivity index (χ3n) is 2.13. The number of hydrogen-bond donors (Lipinski definition) is 0. The molecule has 1 aromatic heterocycles. The number of nitrogens with zero attached hydrogens (tertiary/aromatic N) is 2. The van der Waals surface area contributed by atoms with Crippen LogP contribution in [0.5, 0.6) is 0 Å². The van der Waals surface area contributed by atoms with E-state index in [0.717, 1.165) is 5.56 Å². The zero-order valence-electron chi connectivity index (χ0n) is 8.64. The van der Waals surface area contributed by atoms with Crippen LogP contribution in [0.4, 0.5) is 0 Å². The Labute approximate surface area is 98.1 Å². The van der Waals surface area contributed by atoms with Crippen molar-refractivity contribution in [1.29, 1.82) is 0 Å². The minimum atomic E-state index is 0.363. The molecule has 0 aliphatic carbocycles. The van der Waals surface area contributed by atoms with Crippen molar-refractivity contribution < 1.29 is 4.79 Å². The summed E-state index contributed by atoms with van der Waals surface area (Å²) in [5.41, 5.74) is 1.83. The van der Waals surface area contributed by atoms with E-state index in [1.807, 2.05) is 18.2 Å². The lowest BCUT2D eigenvalue weighted by Crippen LogP contribution is -1.96. The molecule has 0 spiro atoms. The van der Waals surface area contributed by atoms with Gasteiger partial charge in [0.2, 0.25) is 0 Å². The van der Waals surface area contributed by atoms with Crippen LogP contribution in [0.2, 0.25) is 5.02 Å². The Balaban J connectivity index is 2.60. The zero-order valence-corrected chi connectivity index (χ0v) is 9.40. The summed E-state index contributed by atoms with van der Waals surface area (Å²) in [6.07, 6.45) is 0.703. The number of hydrogen-bond acceptors (Lipinski definition) is 3. The molecule has 2 rings (SSSR count). The topological polar surface area (TPSA) is 42.9 Å². The van der Waals surface area contributed by atoms with Gasteiger partial charge in [-0.3, -0.25) is 4.79 Å². The molecule has 0 saturated carbocycles. The number of halogens is 1. The molecule has 1 aromatic carbocycles.